The molecule has 0 spiro atoms. The van der Waals surface area contributed by atoms with Gasteiger partial charge in [0.15, 0.2) is 0 Å². The molecule has 0 atom stereocenters. The van der Waals surface area contributed by atoms with Crippen LogP contribution in [-0.4, -0.2) is 11.9 Å². The first-order valence-electron chi connectivity index (χ1n) is 10.4. The van der Waals surface area contributed by atoms with Gasteiger partial charge in [0.1, 0.15) is 0 Å². The van der Waals surface area contributed by atoms with Crippen LogP contribution >= 0.6 is 24.8 Å². The van der Waals surface area contributed by atoms with Crippen LogP contribution in [0, 0.1) is 6.92 Å². The van der Waals surface area contributed by atoms with Crippen LogP contribution in [0.3, 0.4) is 0 Å². The predicted octanol–water partition coefficient (Wildman–Crippen LogP) is 7.69. The summed E-state index contributed by atoms with van der Waals surface area (Å²) in [5.74, 6) is 1.11. The maximum absolute atomic E-state index is 6.90. The van der Waals surface area contributed by atoms with Crippen molar-refractivity contribution >= 4 is 41.9 Å². The summed E-state index contributed by atoms with van der Waals surface area (Å²) in [6.45, 7) is 21.2. The second-order valence-corrected chi connectivity index (χ2v) is 18.1. The summed E-state index contributed by atoms with van der Waals surface area (Å²) in [7, 11) is -1.58. The molecule has 1 aromatic carbocycles. The fourth-order valence-corrected chi connectivity index (χ4v) is 9.28. The van der Waals surface area contributed by atoms with Crippen molar-refractivity contribution < 1.29 is 21.1 Å². The van der Waals surface area contributed by atoms with Crippen molar-refractivity contribution in [1.82, 2.24) is 0 Å². The largest absolute Gasteiger partial charge is 0.147 e. The van der Waals surface area contributed by atoms with Crippen LogP contribution in [0.2, 0.25) is 18.1 Å². The summed E-state index contributed by atoms with van der Waals surface area (Å²) in [6.07, 6.45) is 7.96. The van der Waals surface area contributed by atoms with E-state index in [0.717, 1.165) is 25.0 Å². The van der Waals surface area contributed by atoms with Crippen molar-refractivity contribution in [2.75, 3.05) is 0 Å². The molecule has 0 amide bonds. The molecule has 0 N–H and O–H groups in total. The first-order valence-corrected chi connectivity index (χ1v) is 15.6. The first kappa shape index (κ1) is 28.9. The van der Waals surface area contributed by atoms with Gasteiger partial charge in [-0.2, -0.15) is 0 Å². The third-order valence-electron chi connectivity index (χ3n) is 6.48. The second kappa shape index (κ2) is 11.5. The van der Waals surface area contributed by atoms with Gasteiger partial charge in [-0.25, -0.2) is 0 Å². The van der Waals surface area contributed by atoms with Crippen LogP contribution in [0.25, 0.3) is 0 Å². The summed E-state index contributed by atoms with van der Waals surface area (Å²) in [6, 6.07) is 7.03. The van der Waals surface area contributed by atoms with E-state index < -0.39 is 25.9 Å². The normalized spacial score (nSPS) is 13.7. The quantitative estimate of drug-likeness (QED) is 0.371. The Morgan fingerprint density at radius 2 is 1.62 bits per heavy atom. The van der Waals surface area contributed by atoms with Crippen molar-refractivity contribution in [3.8, 4) is 5.75 Å². The molecule has 0 heterocycles. The van der Waals surface area contributed by atoms with Crippen LogP contribution in [0.4, 0.5) is 0 Å². The van der Waals surface area contributed by atoms with Gasteiger partial charge in [-0.15, -0.1) is 24.8 Å². The van der Waals surface area contributed by atoms with E-state index in [1.807, 2.05) is 0 Å². The van der Waals surface area contributed by atoms with Gasteiger partial charge < -0.3 is 0 Å². The van der Waals surface area contributed by atoms with E-state index >= 15 is 0 Å². The number of aryl methyl sites for hydroxylation is 1. The number of hydrogen-bond acceptors (Lipinski definition) is 1. The minimum absolute atomic E-state index is 0. The first-order chi connectivity index (χ1) is 12.5. The van der Waals surface area contributed by atoms with Gasteiger partial charge in [-0.3, -0.25) is 0 Å². The van der Waals surface area contributed by atoms with E-state index in [0.29, 0.717) is 5.04 Å². The predicted molar refractivity (Wildman–Crippen MR) is 135 cm³/mol. The molecule has 0 saturated heterocycles. The summed E-state index contributed by atoms with van der Waals surface area (Å²) >= 11 is -1.91. The maximum atomic E-state index is 6.90. The molecular formula is C24H40Cl2OSiTi. The van der Waals surface area contributed by atoms with Gasteiger partial charge in [0.25, 0.3) is 0 Å². The van der Waals surface area contributed by atoms with Gasteiger partial charge in [0.05, 0.1) is 0 Å². The van der Waals surface area contributed by atoms with Gasteiger partial charge in [0, 0.05) is 0 Å². The topological polar surface area (TPSA) is 9.23 Å². The van der Waals surface area contributed by atoms with Crippen LogP contribution in [0.5, 0.6) is 5.75 Å². The summed E-state index contributed by atoms with van der Waals surface area (Å²) in [5.41, 5.74) is 2.77. The monoisotopic (exact) mass is 490 g/mol. The molecule has 5 heteroatoms. The van der Waals surface area contributed by atoms with Crippen molar-refractivity contribution in [1.29, 1.82) is 0 Å². The number of hydrogen-bond donors (Lipinski definition) is 0. The van der Waals surface area contributed by atoms with E-state index in [9.17, 15) is 0 Å². The minimum Gasteiger partial charge on any atom is -0.147 e. The summed E-state index contributed by atoms with van der Waals surface area (Å²) < 4.78 is 10.2. The smallest absolute Gasteiger partial charge is 0.147 e. The van der Waals surface area contributed by atoms with E-state index in [1.165, 1.54) is 16.3 Å². The standard InChI is InChI=1S/C13H22OSi.C6H7.C5H10.2ClH.Ti/c1-10-7-11(14)9-12(8-10)15(5,6)13(2,3)4;1-6-4-2-3-5-6;1-3-5-4-2;;;/h7-9,14H,1-6H3;2,4H,3H2,1H3;3-4H2,1-2H3;2*1H;/q;;;;;+1/p-1. The van der Waals surface area contributed by atoms with Crippen LogP contribution in [0.1, 0.15) is 66.4 Å². The van der Waals surface area contributed by atoms with Gasteiger partial charge in [-0.1, -0.05) is 0 Å². The Labute approximate surface area is 199 Å². The molecule has 0 bridgehead atoms. The van der Waals surface area contributed by atoms with Crippen molar-refractivity contribution in [3.05, 3.63) is 45.4 Å². The Balaban J connectivity index is 0.00000392. The van der Waals surface area contributed by atoms with Crippen molar-refractivity contribution in [2.24, 2.45) is 0 Å². The van der Waals surface area contributed by atoms with Crippen molar-refractivity contribution in [2.45, 2.75) is 85.9 Å². The molecule has 29 heavy (non-hydrogen) atoms. The Bertz CT molecular complexity index is 796. The molecule has 1 aromatic rings. The number of benzene rings is 1. The summed E-state index contributed by atoms with van der Waals surface area (Å²) in [4.78, 5) is 0. The average molecular weight is 491 g/mol. The number of halogens is 2. The van der Waals surface area contributed by atoms with Crippen molar-refractivity contribution in [3.63, 3.8) is 0 Å². The SMILES string of the molecule is CC[C](CC)=[Ti]([O]c1cc(C)cc([Si](C)(C)C(C)(C)C)c1)[C]1=C(C)C=CC1.Cl.Cl. The molecule has 1 aliphatic rings. The zero-order valence-electron chi connectivity index (χ0n) is 19.7. The van der Waals surface area contributed by atoms with E-state index in [4.69, 9.17) is 3.32 Å². The zero-order valence-corrected chi connectivity index (χ0v) is 23.9. The summed E-state index contributed by atoms with van der Waals surface area (Å²) in [5, 5.41) is 1.85. The van der Waals surface area contributed by atoms with Crippen LogP contribution in [-0.2, 0) is 17.8 Å². The molecule has 0 unspecified atom stereocenters. The molecule has 0 saturated carbocycles. The molecule has 0 aromatic heterocycles. The molecule has 0 aliphatic heterocycles. The van der Waals surface area contributed by atoms with Gasteiger partial charge in [0.2, 0.25) is 0 Å². The van der Waals surface area contributed by atoms with E-state index in [2.05, 4.69) is 91.9 Å². The Morgan fingerprint density at radius 1 is 1.03 bits per heavy atom. The van der Waals surface area contributed by atoms with Gasteiger partial charge >= 0.3 is 175 Å². The molecule has 0 fully saturated rings. The second-order valence-electron chi connectivity index (χ2n) is 9.42. The van der Waals surface area contributed by atoms with Crippen LogP contribution < -0.4 is 8.51 Å². The number of allylic oxidation sites excluding steroid dienone is 4. The van der Waals surface area contributed by atoms with E-state index in [-0.39, 0.29) is 24.8 Å². The third-order valence-corrected chi connectivity index (χ3v) is 16.5. The Kier molecular flexibility index (Phi) is 11.4. The molecule has 164 valence electrons. The minimum atomic E-state index is -1.91. The van der Waals surface area contributed by atoms with Crippen LogP contribution in [0.15, 0.2) is 39.8 Å². The van der Waals surface area contributed by atoms with Gasteiger partial charge in [-0.05, 0) is 0 Å². The third kappa shape index (κ3) is 6.68. The molecule has 1 aliphatic carbocycles. The average Bonchev–Trinajstić information content (AvgIpc) is 2.99. The fraction of sp³-hybridized carbons (Fsp3) is 0.542. The van der Waals surface area contributed by atoms with E-state index in [1.54, 1.807) is 7.69 Å². The zero-order chi connectivity index (χ0) is 20.4. The molecule has 2 rings (SSSR count). The molecular weight excluding hydrogens is 451 g/mol. The molecule has 1 nitrogen and oxygen atoms in total. The fourth-order valence-electron chi connectivity index (χ4n) is 3.52. The Morgan fingerprint density at radius 3 is 2.07 bits per heavy atom. The maximum Gasteiger partial charge on any atom is -0.147 e. The number of rotatable bonds is 6. The Hall–Kier alpha value is -0.119. The molecule has 0 radical (unpaired) electrons.